The molecule has 2 nitrogen and oxygen atoms in total. The number of pyridine rings is 1. The molecule has 0 fully saturated rings. The molecule has 13 heavy (non-hydrogen) atoms. The first-order chi connectivity index (χ1) is 6.06. The van der Waals surface area contributed by atoms with E-state index in [0.29, 0.717) is 15.6 Å². The van der Waals surface area contributed by atoms with Crippen LogP contribution in [0.4, 0.5) is 8.78 Å². The van der Waals surface area contributed by atoms with Crippen LogP contribution in [0.1, 0.15) is 28.0 Å². The summed E-state index contributed by atoms with van der Waals surface area (Å²) in [5.74, 6) is 0. The molecule has 1 aromatic heterocycles. The number of carbonyl (C=O) groups is 1. The molecule has 0 saturated carbocycles. The smallest absolute Gasteiger partial charge is 0.266 e. The Morgan fingerprint density at radius 2 is 2.23 bits per heavy atom. The molecule has 0 aliphatic carbocycles. The maximum absolute atomic E-state index is 12.4. The standard InChI is InChI=1S/C8H6F2INO/c1-4-2-6(11)12-5(3-13)7(4)8(9)10/h2-3,8H,1H3. The van der Waals surface area contributed by atoms with Gasteiger partial charge in [0.15, 0.2) is 6.29 Å². The quantitative estimate of drug-likeness (QED) is 0.477. The van der Waals surface area contributed by atoms with Crippen molar-refractivity contribution >= 4 is 28.9 Å². The summed E-state index contributed by atoms with van der Waals surface area (Å²) in [6, 6.07) is 1.52. The number of nitrogens with zero attached hydrogens (tertiary/aromatic N) is 1. The lowest BCUT2D eigenvalue weighted by molar-refractivity contribution is 0.110. The molecule has 0 spiro atoms. The lowest BCUT2D eigenvalue weighted by Gasteiger charge is -2.06. The van der Waals surface area contributed by atoms with Crippen molar-refractivity contribution in [3.63, 3.8) is 0 Å². The third-order valence-corrected chi connectivity index (χ3v) is 2.15. The molecule has 1 rings (SSSR count). The predicted molar refractivity (Wildman–Crippen MR) is 52.0 cm³/mol. The van der Waals surface area contributed by atoms with E-state index in [1.54, 1.807) is 6.92 Å². The van der Waals surface area contributed by atoms with Crippen LogP contribution in [0, 0.1) is 10.6 Å². The van der Waals surface area contributed by atoms with E-state index in [1.807, 2.05) is 22.6 Å². The van der Waals surface area contributed by atoms with Crippen molar-refractivity contribution in [2.24, 2.45) is 0 Å². The molecule has 0 bridgehead atoms. The van der Waals surface area contributed by atoms with E-state index in [9.17, 15) is 13.6 Å². The van der Waals surface area contributed by atoms with Crippen molar-refractivity contribution in [2.75, 3.05) is 0 Å². The number of aryl methyl sites for hydroxylation is 1. The van der Waals surface area contributed by atoms with Crippen LogP contribution in [0.2, 0.25) is 0 Å². The second-order valence-corrected chi connectivity index (χ2v) is 3.58. The molecule has 0 atom stereocenters. The van der Waals surface area contributed by atoms with Gasteiger partial charge in [-0.2, -0.15) is 0 Å². The third-order valence-electron chi connectivity index (χ3n) is 1.59. The lowest BCUT2D eigenvalue weighted by Crippen LogP contribution is -2.02. The van der Waals surface area contributed by atoms with Gasteiger partial charge in [0.05, 0.1) is 0 Å². The summed E-state index contributed by atoms with van der Waals surface area (Å²) >= 11 is 1.88. The second kappa shape index (κ2) is 4.08. The fourth-order valence-electron chi connectivity index (χ4n) is 1.04. The monoisotopic (exact) mass is 297 g/mol. The van der Waals surface area contributed by atoms with Crippen LogP contribution < -0.4 is 0 Å². The van der Waals surface area contributed by atoms with Crippen LogP contribution in [-0.2, 0) is 0 Å². The fraction of sp³-hybridized carbons (Fsp3) is 0.250. The van der Waals surface area contributed by atoms with Crippen molar-refractivity contribution in [3.05, 3.63) is 26.6 Å². The van der Waals surface area contributed by atoms with Gasteiger partial charge in [-0.25, -0.2) is 13.8 Å². The normalized spacial score (nSPS) is 10.5. The molecule has 5 heteroatoms. The highest BCUT2D eigenvalue weighted by molar-refractivity contribution is 14.1. The first-order valence-electron chi connectivity index (χ1n) is 3.46. The fourth-order valence-corrected chi connectivity index (χ4v) is 1.77. The Hall–Kier alpha value is -0.590. The van der Waals surface area contributed by atoms with Crippen LogP contribution in [0.25, 0.3) is 0 Å². The maximum Gasteiger partial charge on any atom is 0.266 e. The summed E-state index contributed by atoms with van der Waals surface area (Å²) in [7, 11) is 0. The molecule has 0 aliphatic heterocycles. The molecular weight excluding hydrogens is 291 g/mol. The van der Waals surface area contributed by atoms with Gasteiger partial charge in [-0.3, -0.25) is 4.79 Å². The van der Waals surface area contributed by atoms with Gasteiger partial charge in [0, 0.05) is 5.56 Å². The number of aromatic nitrogens is 1. The zero-order chi connectivity index (χ0) is 10.0. The van der Waals surface area contributed by atoms with Gasteiger partial charge in [-0.05, 0) is 41.1 Å². The first kappa shape index (κ1) is 10.5. The Bertz CT molecular complexity index is 341. The van der Waals surface area contributed by atoms with Gasteiger partial charge in [0.25, 0.3) is 6.43 Å². The van der Waals surface area contributed by atoms with Gasteiger partial charge < -0.3 is 0 Å². The molecule has 1 heterocycles. The van der Waals surface area contributed by atoms with E-state index in [1.165, 1.54) is 6.07 Å². The van der Waals surface area contributed by atoms with Crippen LogP contribution in [0.5, 0.6) is 0 Å². The lowest BCUT2D eigenvalue weighted by atomic mass is 10.1. The zero-order valence-electron chi connectivity index (χ0n) is 6.72. The number of hydrogen-bond acceptors (Lipinski definition) is 2. The molecular formula is C8H6F2INO. The average Bonchev–Trinajstić information content (AvgIpc) is 2.01. The molecule has 0 saturated heterocycles. The minimum atomic E-state index is -2.65. The number of hydrogen-bond donors (Lipinski definition) is 0. The molecule has 70 valence electrons. The summed E-state index contributed by atoms with van der Waals surface area (Å²) in [6.45, 7) is 1.54. The molecule has 0 aromatic carbocycles. The first-order valence-corrected chi connectivity index (χ1v) is 4.54. The molecule has 0 unspecified atom stereocenters. The topological polar surface area (TPSA) is 30.0 Å². The van der Waals surface area contributed by atoms with E-state index >= 15 is 0 Å². The second-order valence-electron chi connectivity index (χ2n) is 2.48. The Balaban J connectivity index is 3.38. The summed E-state index contributed by atoms with van der Waals surface area (Å²) < 4.78 is 25.4. The summed E-state index contributed by atoms with van der Waals surface area (Å²) in [5, 5.41) is 0. The van der Waals surface area contributed by atoms with Crippen LogP contribution in [0.3, 0.4) is 0 Å². The van der Waals surface area contributed by atoms with Crippen molar-refractivity contribution < 1.29 is 13.6 Å². The van der Waals surface area contributed by atoms with Gasteiger partial charge >= 0.3 is 0 Å². The summed E-state index contributed by atoms with van der Waals surface area (Å²) in [6.07, 6.45) is -2.29. The molecule has 0 radical (unpaired) electrons. The minimum absolute atomic E-state index is 0.167. The van der Waals surface area contributed by atoms with Crippen LogP contribution in [-0.4, -0.2) is 11.3 Å². The average molecular weight is 297 g/mol. The van der Waals surface area contributed by atoms with Gasteiger partial charge in [0.2, 0.25) is 0 Å². The Kier molecular flexibility index (Phi) is 3.29. The predicted octanol–water partition coefficient (Wildman–Crippen LogP) is 2.74. The van der Waals surface area contributed by atoms with E-state index in [4.69, 9.17) is 0 Å². The Morgan fingerprint density at radius 1 is 1.62 bits per heavy atom. The SMILES string of the molecule is Cc1cc(I)nc(C=O)c1C(F)F. The molecule has 0 N–H and O–H groups in total. The zero-order valence-corrected chi connectivity index (χ0v) is 8.88. The number of carbonyl (C=O) groups excluding carboxylic acids is 1. The van der Waals surface area contributed by atoms with Crippen molar-refractivity contribution in [1.82, 2.24) is 4.98 Å². The largest absolute Gasteiger partial charge is 0.296 e. The summed E-state index contributed by atoms with van der Waals surface area (Å²) in [4.78, 5) is 14.1. The van der Waals surface area contributed by atoms with E-state index in [-0.39, 0.29) is 11.3 Å². The Morgan fingerprint density at radius 3 is 2.69 bits per heavy atom. The minimum Gasteiger partial charge on any atom is -0.296 e. The van der Waals surface area contributed by atoms with Gasteiger partial charge in [0.1, 0.15) is 9.39 Å². The van der Waals surface area contributed by atoms with Gasteiger partial charge in [-0.1, -0.05) is 0 Å². The highest BCUT2D eigenvalue weighted by Gasteiger charge is 2.17. The molecule has 0 amide bonds. The van der Waals surface area contributed by atoms with E-state index in [0.717, 1.165) is 0 Å². The van der Waals surface area contributed by atoms with Crippen molar-refractivity contribution in [2.45, 2.75) is 13.3 Å². The maximum atomic E-state index is 12.4. The number of rotatable bonds is 2. The van der Waals surface area contributed by atoms with Crippen LogP contribution in [0.15, 0.2) is 6.07 Å². The van der Waals surface area contributed by atoms with Crippen molar-refractivity contribution in [1.29, 1.82) is 0 Å². The highest BCUT2D eigenvalue weighted by atomic mass is 127. The number of aldehydes is 1. The van der Waals surface area contributed by atoms with Gasteiger partial charge in [-0.15, -0.1) is 0 Å². The summed E-state index contributed by atoms with van der Waals surface area (Å²) in [5.41, 5.74) is -0.0358. The van der Waals surface area contributed by atoms with E-state index in [2.05, 4.69) is 4.98 Å². The highest BCUT2D eigenvalue weighted by Crippen LogP contribution is 2.25. The Labute approximate surface area is 87.5 Å². The number of halogens is 3. The number of alkyl halides is 2. The van der Waals surface area contributed by atoms with E-state index < -0.39 is 6.43 Å². The van der Waals surface area contributed by atoms with Crippen LogP contribution >= 0.6 is 22.6 Å². The third kappa shape index (κ3) is 2.20. The molecule has 0 aliphatic rings. The molecule has 1 aromatic rings. The van der Waals surface area contributed by atoms with Crippen molar-refractivity contribution in [3.8, 4) is 0 Å².